The molecule has 3 nitrogen and oxygen atoms in total. The van der Waals surface area contributed by atoms with Gasteiger partial charge in [-0.05, 0) is 19.4 Å². The summed E-state index contributed by atoms with van der Waals surface area (Å²) < 4.78 is 1.11. The average Bonchev–Trinajstić information content (AvgIpc) is 2.76. The molecule has 0 radical (unpaired) electrons. The molecule has 0 aliphatic carbocycles. The van der Waals surface area contributed by atoms with Gasteiger partial charge in [0, 0.05) is 23.4 Å². The van der Waals surface area contributed by atoms with Crippen LogP contribution in [0.25, 0.3) is 0 Å². The predicted octanol–water partition coefficient (Wildman–Crippen LogP) is 1.99. The topological polar surface area (TPSA) is 45.1 Å². The van der Waals surface area contributed by atoms with Gasteiger partial charge in [0.1, 0.15) is 4.34 Å². The van der Waals surface area contributed by atoms with Crippen LogP contribution in [0.1, 0.15) is 19.8 Å². The summed E-state index contributed by atoms with van der Waals surface area (Å²) in [5, 5.41) is 14.4. The van der Waals surface area contributed by atoms with Crippen molar-refractivity contribution < 1.29 is 5.11 Å². The molecule has 0 fully saturated rings. The van der Waals surface area contributed by atoms with E-state index in [1.807, 2.05) is 11.6 Å². The first-order valence-electron chi connectivity index (χ1n) is 5.23. The molecule has 0 aliphatic heterocycles. The van der Waals surface area contributed by atoms with Gasteiger partial charge < -0.3 is 10.4 Å². The first-order chi connectivity index (χ1) is 7.36. The molecule has 1 aromatic rings. The minimum Gasteiger partial charge on any atom is -0.395 e. The summed E-state index contributed by atoms with van der Waals surface area (Å²) in [6.07, 6.45) is 3.92. The second-order valence-corrected chi connectivity index (χ2v) is 5.51. The van der Waals surface area contributed by atoms with E-state index in [-0.39, 0.29) is 12.6 Å². The van der Waals surface area contributed by atoms with E-state index in [2.05, 4.69) is 17.2 Å². The summed E-state index contributed by atoms with van der Waals surface area (Å²) in [5.41, 5.74) is 0. The van der Waals surface area contributed by atoms with Crippen LogP contribution in [0.15, 0.2) is 15.9 Å². The van der Waals surface area contributed by atoms with E-state index in [0.717, 1.165) is 29.5 Å². The lowest BCUT2D eigenvalue weighted by atomic mass is 10.2. The number of aliphatic hydroxyl groups excluding tert-OH is 1. The van der Waals surface area contributed by atoms with Crippen LogP contribution in [-0.2, 0) is 0 Å². The Bertz CT molecular complexity index is 242. The lowest BCUT2D eigenvalue weighted by molar-refractivity contribution is 0.240. The number of rotatable bonds is 8. The molecule has 0 spiro atoms. The molecular weight excluding hydrogens is 228 g/mol. The normalized spacial score (nSPS) is 12.9. The quantitative estimate of drug-likeness (QED) is 0.689. The highest BCUT2D eigenvalue weighted by molar-refractivity contribution is 8.00. The predicted molar refractivity (Wildman–Crippen MR) is 66.6 cm³/mol. The third-order valence-electron chi connectivity index (χ3n) is 2.00. The van der Waals surface area contributed by atoms with Gasteiger partial charge >= 0.3 is 0 Å². The molecule has 1 aromatic heterocycles. The number of hydrogen-bond donors (Lipinski definition) is 2. The van der Waals surface area contributed by atoms with Crippen LogP contribution in [0.3, 0.4) is 0 Å². The fraction of sp³-hybridized carbons (Fsp3) is 0.700. The summed E-state index contributed by atoms with van der Waals surface area (Å²) in [6.45, 7) is 3.33. The van der Waals surface area contributed by atoms with Gasteiger partial charge in [0.2, 0.25) is 0 Å². The van der Waals surface area contributed by atoms with Crippen molar-refractivity contribution >= 4 is 23.1 Å². The number of aromatic nitrogens is 1. The van der Waals surface area contributed by atoms with Gasteiger partial charge in [-0.2, -0.15) is 0 Å². The average molecular weight is 246 g/mol. The standard InChI is InChI=1S/C10H18N2OS2/c1-2-4-11-9(8-13)3-6-14-10-12-5-7-15-10/h5,7,9,11,13H,2-4,6,8H2,1H3. The molecule has 0 bridgehead atoms. The SMILES string of the molecule is CCCNC(CO)CCSc1nccs1. The zero-order chi connectivity index (χ0) is 10.9. The molecule has 0 amide bonds. The maximum absolute atomic E-state index is 9.13. The van der Waals surface area contributed by atoms with Crippen molar-refractivity contribution in [1.29, 1.82) is 0 Å². The van der Waals surface area contributed by atoms with Crippen molar-refractivity contribution in [2.75, 3.05) is 18.9 Å². The number of aliphatic hydroxyl groups is 1. The lowest BCUT2D eigenvalue weighted by Gasteiger charge is -2.14. The minimum atomic E-state index is 0.221. The van der Waals surface area contributed by atoms with Crippen LogP contribution in [0.5, 0.6) is 0 Å². The Morgan fingerprint density at radius 1 is 1.67 bits per heavy atom. The molecule has 5 heteroatoms. The maximum atomic E-state index is 9.13. The van der Waals surface area contributed by atoms with Crippen LogP contribution < -0.4 is 5.32 Å². The number of thioether (sulfide) groups is 1. The molecule has 1 rings (SSSR count). The van der Waals surface area contributed by atoms with Gasteiger partial charge in [-0.25, -0.2) is 4.98 Å². The fourth-order valence-corrected chi connectivity index (χ4v) is 2.94. The highest BCUT2D eigenvalue weighted by Gasteiger charge is 2.06. The summed E-state index contributed by atoms with van der Waals surface area (Å²) in [6, 6.07) is 0.234. The second-order valence-electron chi connectivity index (χ2n) is 3.27. The maximum Gasteiger partial charge on any atom is 0.149 e. The van der Waals surface area contributed by atoms with Crippen LogP contribution in [0, 0.1) is 0 Å². The van der Waals surface area contributed by atoms with E-state index >= 15 is 0 Å². The highest BCUT2D eigenvalue weighted by atomic mass is 32.2. The van der Waals surface area contributed by atoms with E-state index in [1.54, 1.807) is 23.1 Å². The van der Waals surface area contributed by atoms with Crippen LogP contribution in [0.4, 0.5) is 0 Å². The van der Waals surface area contributed by atoms with E-state index in [9.17, 15) is 0 Å². The molecular formula is C10H18N2OS2. The largest absolute Gasteiger partial charge is 0.395 e. The van der Waals surface area contributed by atoms with Crippen molar-refractivity contribution in [1.82, 2.24) is 10.3 Å². The number of nitrogens with zero attached hydrogens (tertiary/aromatic N) is 1. The Labute approximate surface area is 99.3 Å². The Kier molecular flexibility index (Phi) is 7.00. The number of thiazole rings is 1. The third kappa shape index (κ3) is 5.51. The van der Waals surface area contributed by atoms with Crippen molar-refractivity contribution in [3.05, 3.63) is 11.6 Å². The fourth-order valence-electron chi connectivity index (χ4n) is 1.18. The zero-order valence-electron chi connectivity index (χ0n) is 8.98. The first kappa shape index (κ1) is 13.0. The molecule has 86 valence electrons. The van der Waals surface area contributed by atoms with Gasteiger partial charge in [-0.15, -0.1) is 11.3 Å². The molecule has 1 heterocycles. The monoisotopic (exact) mass is 246 g/mol. The molecule has 1 atom stereocenters. The molecule has 0 saturated carbocycles. The van der Waals surface area contributed by atoms with Crippen LogP contribution >= 0.6 is 23.1 Å². The molecule has 0 aliphatic rings. The third-order valence-corrected chi connectivity index (χ3v) is 4.00. The smallest absolute Gasteiger partial charge is 0.149 e. The molecule has 15 heavy (non-hydrogen) atoms. The van der Waals surface area contributed by atoms with E-state index in [4.69, 9.17) is 5.11 Å². The first-order valence-corrected chi connectivity index (χ1v) is 7.10. The van der Waals surface area contributed by atoms with E-state index < -0.39 is 0 Å². The molecule has 0 aromatic carbocycles. The van der Waals surface area contributed by atoms with Crippen molar-refractivity contribution in [3.63, 3.8) is 0 Å². The van der Waals surface area contributed by atoms with Gasteiger partial charge in [0.15, 0.2) is 0 Å². The van der Waals surface area contributed by atoms with E-state index in [1.165, 1.54) is 0 Å². The Hall–Kier alpha value is -0.100. The van der Waals surface area contributed by atoms with Crippen molar-refractivity contribution in [2.45, 2.75) is 30.1 Å². The Morgan fingerprint density at radius 2 is 2.53 bits per heavy atom. The minimum absolute atomic E-state index is 0.221. The van der Waals surface area contributed by atoms with E-state index in [0.29, 0.717) is 0 Å². The molecule has 0 saturated heterocycles. The van der Waals surface area contributed by atoms with Crippen LogP contribution in [-0.4, -0.2) is 35.0 Å². The van der Waals surface area contributed by atoms with Gasteiger partial charge in [-0.3, -0.25) is 0 Å². The summed E-state index contributed by atoms with van der Waals surface area (Å²) in [5.74, 6) is 1.01. The second kappa shape index (κ2) is 8.10. The van der Waals surface area contributed by atoms with Crippen molar-refractivity contribution in [3.8, 4) is 0 Å². The Morgan fingerprint density at radius 3 is 3.13 bits per heavy atom. The molecule has 2 N–H and O–H groups in total. The molecule has 1 unspecified atom stereocenters. The summed E-state index contributed by atoms with van der Waals surface area (Å²) in [7, 11) is 0. The van der Waals surface area contributed by atoms with Crippen molar-refractivity contribution in [2.24, 2.45) is 0 Å². The van der Waals surface area contributed by atoms with Crippen LogP contribution in [0.2, 0.25) is 0 Å². The Balaban J connectivity index is 2.11. The highest BCUT2D eigenvalue weighted by Crippen LogP contribution is 2.21. The number of nitrogens with one attached hydrogen (secondary N) is 1. The van der Waals surface area contributed by atoms with Gasteiger partial charge in [-0.1, -0.05) is 18.7 Å². The lowest BCUT2D eigenvalue weighted by Crippen LogP contribution is -2.33. The van der Waals surface area contributed by atoms with Gasteiger partial charge in [0.25, 0.3) is 0 Å². The summed E-state index contributed by atoms with van der Waals surface area (Å²) >= 11 is 3.43. The summed E-state index contributed by atoms with van der Waals surface area (Å²) in [4.78, 5) is 4.20. The van der Waals surface area contributed by atoms with Gasteiger partial charge in [0.05, 0.1) is 6.61 Å². The zero-order valence-corrected chi connectivity index (χ0v) is 10.6. The number of hydrogen-bond acceptors (Lipinski definition) is 5.